The molecule has 1 aliphatic rings. The highest BCUT2D eigenvalue weighted by Gasteiger charge is 2.39. The van der Waals surface area contributed by atoms with Crippen LogP contribution in [0.2, 0.25) is 0 Å². The second-order valence-electron chi connectivity index (χ2n) is 7.43. The number of ether oxygens (including phenoxy) is 2. The van der Waals surface area contributed by atoms with Crippen molar-refractivity contribution in [3.05, 3.63) is 24.3 Å². The van der Waals surface area contributed by atoms with E-state index in [4.69, 9.17) is 9.47 Å². The molecule has 0 aliphatic heterocycles. The summed E-state index contributed by atoms with van der Waals surface area (Å²) in [6, 6.07) is 0. The standard InChI is InChI=1S/C22H40O4/c1-25-16-12-8-4-3-6-10-14-19-20(22(24)18-21(19)23)15-11-7-5-9-13-17-26-2/h7,10-11,14,19-24H,3-6,8-9,12-13,15-18H2,1-2H3/t19-,20?,21-,22+/m0/s1. The van der Waals surface area contributed by atoms with E-state index in [0.717, 1.165) is 51.7 Å². The van der Waals surface area contributed by atoms with Gasteiger partial charge in [0, 0.05) is 39.8 Å². The van der Waals surface area contributed by atoms with E-state index >= 15 is 0 Å². The monoisotopic (exact) mass is 368 g/mol. The summed E-state index contributed by atoms with van der Waals surface area (Å²) in [5, 5.41) is 20.5. The van der Waals surface area contributed by atoms with Crippen LogP contribution in [-0.4, -0.2) is 49.9 Å². The van der Waals surface area contributed by atoms with Crippen molar-refractivity contribution < 1.29 is 19.7 Å². The minimum Gasteiger partial charge on any atom is -0.393 e. The van der Waals surface area contributed by atoms with E-state index in [0.29, 0.717) is 6.42 Å². The van der Waals surface area contributed by atoms with E-state index in [2.05, 4.69) is 24.3 Å². The Morgan fingerprint density at radius 1 is 0.769 bits per heavy atom. The number of rotatable bonds is 15. The molecule has 0 amide bonds. The van der Waals surface area contributed by atoms with Gasteiger partial charge in [0.05, 0.1) is 12.2 Å². The maximum Gasteiger partial charge on any atom is 0.0631 e. The molecule has 4 nitrogen and oxygen atoms in total. The molecule has 152 valence electrons. The zero-order chi connectivity index (χ0) is 19.0. The predicted molar refractivity (Wildman–Crippen MR) is 107 cm³/mol. The van der Waals surface area contributed by atoms with Gasteiger partial charge in [-0.3, -0.25) is 0 Å². The molecule has 26 heavy (non-hydrogen) atoms. The third-order valence-corrected chi connectivity index (χ3v) is 5.29. The number of aliphatic hydroxyl groups is 2. The molecule has 0 bridgehead atoms. The number of allylic oxidation sites excluding steroid dienone is 3. The van der Waals surface area contributed by atoms with Gasteiger partial charge in [-0.15, -0.1) is 0 Å². The lowest BCUT2D eigenvalue weighted by atomic mass is 9.89. The van der Waals surface area contributed by atoms with Crippen molar-refractivity contribution in [3.63, 3.8) is 0 Å². The van der Waals surface area contributed by atoms with Crippen molar-refractivity contribution in [3.8, 4) is 0 Å². The molecule has 4 heteroatoms. The summed E-state index contributed by atoms with van der Waals surface area (Å²) in [5.74, 6) is 0.217. The summed E-state index contributed by atoms with van der Waals surface area (Å²) >= 11 is 0. The molecule has 1 unspecified atom stereocenters. The topological polar surface area (TPSA) is 58.9 Å². The van der Waals surface area contributed by atoms with E-state index in [-0.39, 0.29) is 11.8 Å². The van der Waals surface area contributed by atoms with Crippen molar-refractivity contribution in [1.29, 1.82) is 0 Å². The molecule has 1 fully saturated rings. The molecule has 1 aliphatic carbocycles. The normalized spacial score (nSPS) is 26.5. The summed E-state index contributed by atoms with van der Waals surface area (Å²) < 4.78 is 10.1. The second kappa shape index (κ2) is 15.4. The average molecular weight is 369 g/mol. The van der Waals surface area contributed by atoms with Gasteiger partial charge in [-0.1, -0.05) is 37.1 Å². The molecule has 0 aromatic rings. The first-order valence-electron chi connectivity index (χ1n) is 10.4. The van der Waals surface area contributed by atoms with Crippen LogP contribution in [-0.2, 0) is 9.47 Å². The van der Waals surface area contributed by atoms with E-state index < -0.39 is 12.2 Å². The van der Waals surface area contributed by atoms with Crippen LogP contribution in [0.25, 0.3) is 0 Å². The Labute approximate surface area is 160 Å². The third-order valence-electron chi connectivity index (χ3n) is 5.29. The Kier molecular flexibility index (Phi) is 13.8. The molecule has 0 saturated heterocycles. The highest BCUT2D eigenvalue weighted by molar-refractivity contribution is 5.04. The minimum absolute atomic E-state index is 0.0802. The molecule has 1 saturated carbocycles. The number of unbranched alkanes of at least 4 members (excludes halogenated alkanes) is 6. The fraction of sp³-hybridized carbons (Fsp3) is 0.818. The molecule has 4 atom stereocenters. The summed E-state index contributed by atoms with van der Waals surface area (Å²) in [4.78, 5) is 0. The first kappa shape index (κ1) is 23.4. The number of hydrogen-bond acceptors (Lipinski definition) is 4. The van der Waals surface area contributed by atoms with E-state index in [9.17, 15) is 10.2 Å². The highest BCUT2D eigenvalue weighted by atomic mass is 16.5. The van der Waals surface area contributed by atoms with E-state index in [1.165, 1.54) is 19.3 Å². The zero-order valence-corrected chi connectivity index (χ0v) is 16.8. The molecule has 1 rings (SSSR count). The SMILES string of the molecule is COCCCCC=CCC1[C@H](O)C[C@H](O)[C@H]1C=CCCCCCCOC. The van der Waals surface area contributed by atoms with Gasteiger partial charge in [0.25, 0.3) is 0 Å². The fourth-order valence-corrected chi connectivity index (χ4v) is 3.70. The molecule has 2 N–H and O–H groups in total. The van der Waals surface area contributed by atoms with Gasteiger partial charge in [0.1, 0.15) is 0 Å². The summed E-state index contributed by atoms with van der Waals surface area (Å²) in [7, 11) is 3.48. The molecule has 0 spiro atoms. The van der Waals surface area contributed by atoms with Crippen molar-refractivity contribution in [1.82, 2.24) is 0 Å². The van der Waals surface area contributed by atoms with Crippen LogP contribution in [0.3, 0.4) is 0 Å². The first-order chi connectivity index (χ1) is 12.7. The van der Waals surface area contributed by atoms with Crippen LogP contribution in [0.15, 0.2) is 24.3 Å². The molecule has 0 radical (unpaired) electrons. The largest absolute Gasteiger partial charge is 0.393 e. The maximum atomic E-state index is 10.3. The maximum absolute atomic E-state index is 10.3. The lowest BCUT2D eigenvalue weighted by Gasteiger charge is -2.19. The van der Waals surface area contributed by atoms with Gasteiger partial charge in [0.2, 0.25) is 0 Å². The smallest absolute Gasteiger partial charge is 0.0631 e. The quantitative estimate of drug-likeness (QED) is 0.335. The highest BCUT2D eigenvalue weighted by Crippen LogP contribution is 2.36. The molecular weight excluding hydrogens is 328 g/mol. The van der Waals surface area contributed by atoms with Crippen LogP contribution >= 0.6 is 0 Å². The van der Waals surface area contributed by atoms with Gasteiger partial charge >= 0.3 is 0 Å². The molecular formula is C22H40O4. The number of methoxy groups -OCH3 is 2. The van der Waals surface area contributed by atoms with Crippen molar-refractivity contribution in [2.45, 2.75) is 76.4 Å². The van der Waals surface area contributed by atoms with Gasteiger partial charge in [-0.05, 0) is 50.9 Å². The number of hydrogen-bond donors (Lipinski definition) is 2. The second-order valence-corrected chi connectivity index (χ2v) is 7.43. The minimum atomic E-state index is -0.414. The van der Waals surface area contributed by atoms with Gasteiger partial charge < -0.3 is 19.7 Å². The summed E-state index contributed by atoms with van der Waals surface area (Å²) in [5.41, 5.74) is 0. The molecule has 0 heterocycles. The van der Waals surface area contributed by atoms with Crippen LogP contribution in [0.4, 0.5) is 0 Å². The Hall–Kier alpha value is -0.680. The Morgan fingerprint density at radius 3 is 2.12 bits per heavy atom. The third kappa shape index (κ3) is 9.86. The Morgan fingerprint density at radius 2 is 1.38 bits per heavy atom. The number of aliphatic hydroxyl groups excluding tert-OH is 2. The first-order valence-corrected chi connectivity index (χ1v) is 10.4. The average Bonchev–Trinajstić information content (AvgIpc) is 2.89. The predicted octanol–water partition coefficient (Wildman–Crippen LogP) is 4.26. The van der Waals surface area contributed by atoms with Crippen LogP contribution in [0.5, 0.6) is 0 Å². The van der Waals surface area contributed by atoms with Crippen molar-refractivity contribution in [2.24, 2.45) is 11.8 Å². The Balaban J connectivity index is 2.27. The van der Waals surface area contributed by atoms with Crippen molar-refractivity contribution >= 4 is 0 Å². The fourth-order valence-electron chi connectivity index (χ4n) is 3.70. The molecule has 0 aromatic carbocycles. The van der Waals surface area contributed by atoms with Crippen molar-refractivity contribution in [2.75, 3.05) is 27.4 Å². The Bertz CT molecular complexity index is 380. The van der Waals surface area contributed by atoms with E-state index in [1.807, 2.05) is 0 Å². The molecule has 0 aromatic heterocycles. The van der Waals surface area contributed by atoms with Crippen LogP contribution in [0, 0.1) is 11.8 Å². The summed E-state index contributed by atoms with van der Waals surface area (Å²) in [6.07, 6.45) is 18.3. The lowest BCUT2D eigenvalue weighted by Crippen LogP contribution is -2.19. The zero-order valence-electron chi connectivity index (χ0n) is 16.8. The van der Waals surface area contributed by atoms with Gasteiger partial charge in [0.15, 0.2) is 0 Å². The van der Waals surface area contributed by atoms with Gasteiger partial charge in [-0.25, -0.2) is 0 Å². The van der Waals surface area contributed by atoms with Crippen LogP contribution < -0.4 is 0 Å². The summed E-state index contributed by atoms with van der Waals surface area (Å²) in [6.45, 7) is 1.67. The lowest BCUT2D eigenvalue weighted by molar-refractivity contribution is 0.120. The van der Waals surface area contributed by atoms with E-state index in [1.54, 1.807) is 14.2 Å². The van der Waals surface area contributed by atoms with Gasteiger partial charge in [-0.2, -0.15) is 0 Å². The van der Waals surface area contributed by atoms with Crippen LogP contribution in [0.1, 0.15) is 64.2 Å².